The normalized spacial score (nSPS) is 12.3. The Morgan fingerprint density at radius 3 is 0.884 bits per heavy atom. The van der Waals surface area contributed by atoms with E-state index in [0.29, 0.717) is 19.3 Å². The number of esters is 3. The molecule has 0 aliphatic carbocycles. The summed E-state index contributed by atoms with van der Waals surface area (Å²) < 4.78 is 16.8. The largest absolute Gasteiger partial charge is 0.462 e. The predicted octanol–water partition coefficient (Wildman–Crippen LogP) is 20.2. The lowest BCUT2D eigenvalue weighted by Gasteiger charge is -2.18. The molecule has 0 aromatic rings. The summed E-state index contributed by atoms with van der Waals surface area (Å²) in [5, 5.41) is 0. The highest BCUT2D eigenvalue weighted by Crippen LogP contribution is 2.17. The number of unbranched alkanes of at least 4 members (excludes halogenated alkanes) is 36. The highest BCUT2D eigenvalue weighted by molar-refractivity contribution is 5.71. The summed E-state index contributed by atoms with van der Waals surface area (Å²) in [5.41, 5.74) is 0. The molecule has 0 N–H and O–H groups in total. The Bertz CT molecular complexity index is 1200. The van der Waals surface area contributed by atoms with Crippen molar-refractivity contribution < 1.29 is 28.6 Å². The molecule has 69 heavy (non-hydrogen) atoms. The first-order valence-corrected chi connectivity index (χ1v) is 30.1. The number of carbonyl (C=O) groups is 3. The van der Waals surface area contributed by atoms with E-state index in [4.69, 9.17) is 14.2 Å². The summed E-state index contributed by atoms with van der Waals surface area (Å²) in [6.45, 7) is 6.54. The average molecular weight is 968 g/mol. The van der Waals surface area contributed by atoms with Crippen LogP contribution in [0.2, 0.25) is 0 Å². The van der Waals surface area contributed by atoms with Gasteiger partial charge in [0.15, 0.2) is 6.10 Å². The standard InChI is InChI=1S/C63H114O6/c1-4-7-10-13-16-19-22-24-26-28-29-30-31-32-33-34-36-37-39-41-44-47-50-53-56-62(65)68-59-60(58-67-61(64)55-52-49-46-43-21-18-15-12-9-6-3)69-63(66)57-54-51-48-45-42-40-38-35-27-25-23-20-17-14-11-8-5-2/h8,11,17,20,25,27,38,40,60H,4-7,9-10,12-16,18-19,21-24,26,28-37,39,41-59H2,1-3H3/b11-8-,20-17-,27-25-,40-38-. The van der Waals surface area contributed by atoms with Gasteiger partial charge in [0.1, 0.15) is 13.2 Å². The quantitative estimate of drug-likeness (QED) is 0.0262. The van der Waals surface area contributed by atoms with E-state index in [1.54, 1.807) is 0 Å². The van der Waals surface area contributed by atoms with Crippen molar-refractivity contribution in [3.8, 4) is 0 Å². The molecule has 0 spiro atoms. The van der Waals surface area contributed by atoms with Gasteiger partial charge in [0.25, 0.3) is 0 Å². The molecule has 0 fully saturated rings. The number of allylic oxidation sites excluding steroid dienone is 8. The Morgan fingerprint density at radius 1 is 0.304 bits per heavy atom. The van der Waals surface area contributed by atoms with Crippen LogP contribution >= 0.6 is 0 Å². The molecule has 0 aliphatic heterocycles. The van der Waals surface area contributed by atoms with Crippen LogP contribution in [-0.4, -0.2) is 37.2 Å². The molecule has 0 bridgehead atoms. The maximum Gasteiger partial charge on any atom is 0.306 e. The lowest BCUT2D eigenvalue weighted by molar-refractivity contribution is -0.167. The van der Waals surface area contributed by atoms with Gasteiger partial charge < -0.3 is 14.2 Å². The highest BCUT2D eigenvalue weighted by atomic mass is 16.6. The third-order valence-corrected chi connectivity index (χ3v) is 13.3. The van der Waals surface area contributed by atoms with Crippen LogP contribution < -0.4 is 0 Å². The minimum Gasteiger partial charge on any atom is -0.462 e. The first kappa shape index (κ1) is 66.4. The van der Waals surface area contributed by atoms with Gasteiger partial charge in [0.05, 0.1) is 0 Å². The van der Waals surface area contributed by atoms with Crippen molar-refractivity contribution in [1.82, 2.24) is 0 Å². The van der Waals surface area contributed by atoms with Crippen LogP contribution in [0.25, 0.3) is 0 Å². The van der Waals surface area contributed by atoms with Crippen LogP contribution in [0.3, 0.4) is 0 Å². The first-order valence-electron chi connectivity index (χ1n) is 30.1. The minimum absolute atomic E-state index is 0.0790. The highest BCUT2D eigenvalue weighted by Gasteiger charge is 2.19. The molecule has 0 aliphatic rings. The van der Waals surface area contributed by atoms with Gasteiger partial charge in [-0.15, -0.1) is 0 Å². The zero-order valence-corrected chi connectivity index (χ0v) is 46.1. The zero-order valence-electron chi connectivity index (χ0n) is 46.1. The van der Waals surface area contributed by atoms with E-state index < -0.39 is 6.10 Å². The summed E-state index contributed by atoms with van der Waals surface area (Å²) in [6, 6.07) is 0. The monoisotopic (exact) mass is 967 g/mol. The van der Waals surface area contributed by atoms with Crippen molar-refractivity contribution in [2.45, 2.75) is 322 Å². The van der Waals surface area contributed by atoms with Crippen molar-refractivity contribution in [1.29, 1.82) is 0 Å². The van der Waals surface area contributed by atoms with E-state index in [-0.39, 0.29) is 31.1 Å². The second-order valence-corrected chi connectivity index (χ2v) is 20.2. The second-order valence-electron chi connectivity index (χ2n) is 20.2. The molecule has 0 aromatic carbocycles. The molecule has 0 aromatic heterocycles. The van der Waals surface area contributed by atoms with Gasteiger partial charge in [-0.1, -0.05) is 288 Å². The van der Waals surface area contributed by atoms with Crippen LogP contribution in [0.4, 0.5) is 0 Å². The first-order chi connectivity index (χ1) is 34.0. The molecular formula is C63H114O6. The van der Waals surface area contributed by atoms with Gasteiger partial charge in [0, 0.05) is 19.3 Å². The number of rotatable bonds is 55. The van der Waals surface area contributed by atoms with Crippen molar-refractivity contribution >= 4 is 17.9 Å². The second kappa shape index (κ2) is 57.9. The fourth-order valence-electron chi connectivity index (χ4n) is 8.85. The van der Waals surface area contributed by atoms with Crippen LogP contribution in [0.15, 0.2) is 48.6 Å². The van der Waals surface area contributed by atoms with Crippen LogP contribution in [0.5, 0.6) is 0 Å². The van der Waals surface area contributed by atoms with Crippen LogP contribution in [-0.2, 0) is 28.6 Å². The van der Waals surface area contributed by atoms with Gasteiger partial charge in [0.2, 0.25) is 0 Å². The predicted molar refractivity (Wildman–Crippen MR) is 298 cm³/mol. The van der Waals surface area contributed by atoms with Crippen molar-refractivity contribution in [3.05, 3.63) is 48.6 Å². The molecule has 0 saturated carbocycles. The van der Waals surface area contributed by atoms with E-state index in [1.807, 2.05) is 0 Å². The lowest BCUT2D eigenvalue weighted by Crippen LogP contribution is -2.30. The average Bonchev–Trinajstić information content (AvgIpc) is 3.35. The topological polar surface area (TPSA) is 78.9 Å². The third kappa shape index (κ3) is 56.2. The molecule has 0 rings (SSSR count). The van der Waals surface area contributed by atoms with Crippen molar-refractivity contribution in [2.75, 3.05) is 13.2 Å². The Labute approximate surface area is 428 Å². The number of hydrogen-bond donors (Lipinski definition) is 0. The molecule has 0 amide bonds. The van der Waals surface area contributed by atoms with Crippen molar-refractivity contribution in [3.63, 3.8) is 0 Å². The SMILES string of the molecule is CC/C=C\C/C=C\C/C=C\C/C=C\CCCCCCC(=O)OC(COC(=O)CCCCCCCCCCCC)COC(=O)CCCCCCCCCCCCCCCCCCCCCCCCCC. The van der Waals surface area contributed by atoms with E-state index in [9.17, 15) is 14.4 Å². The molecule has 1 atom stereocenters. The fraction of sp³-hybridized carbons (Fsp3) is 0.825. The van der Waals surface area contributed by atoms with Gasteiger partial charge in [-0.25, -0.2) is 0 Å². The molecule has 6 nitrogen and oxygen atoms in total. The fourth-order valence-corrected chi connectivity index (χ4v) is 8.85. The zero-order chi connectivity index (χ0) is 50.0. The molecule has 6 heteroatoms. The van der Waals surface area contributed by atoms with Gasteiger partial charge in [-0.3, -0.25) is 14.4 Å². The molecule has 1 unspecified atom stereocenters. The Morgan fingerprint density at radius 2 is 0.565 bits per heavy atom. The van der Waals surface area contributed by atoms with E-state index in [0.717, 1.165) is 96.3 Å². The minimum atomic E-state index is -0.782. The molecule has 0 radical (unpaired) electrons. The Hall–Kier alpha value is -2.63. The lowest BCUT2D eigenvalue weighted by atomic mass is 10.0. The Kier molecular flexibility index (Phi) is 55.7. The molecule has 0 saturated heterocycles. The molecule has 0 heterocycles. The number of hydrogen-bond acceptors (Lipinski definition) is 6. The van der Waals surface area contributed by atoms with Gasteiger partial charge in [-0.2, -0.15) is 0 Å². The van der Waals surface area contributed by atoms with E-state index in [1.165, 1.54) is 180 Å². The maximum absolute atomic E-state index is 12.8. The van der Waals surface area contributed by atoms with Gasteiger partial charge >= 0.3 is 17.9 Å². The summed E-state index contributed by atoms with van der Waals surface area (Å²) in [5.74, 6) is -0.888. The summed E-state index contributed by atoms with van der Waals surface area (Å²) >= 11 is 0. The molecular weight excluding hydrogens is 853 g/mol. The third-order valence-electron chi connectivity index (χ3n) is 13.3. The summed E-state index contributed by atoms with van der Waals surface area (Å²) in [6.07, 6.45) is 71.2. The van der Waals surface area contributed by atoms with E-state index >= 15 is 0 Å². The summed E-state index contributed by atoms with van der Waals surface area (Å²) in [4.78, 5) is 38.1. The van der Waals surface area contributed by atoms with E-state index in [2.05, 4.69) is 69.4 Å². The van der Waals surface area contributed by atoms with Crippen LogP contribution in [0, 0.1) is 0 Å². The summed E-state index contributed by atoms with van der Waals surface area (Å²) in [7, 11) is 0. The number of carbonyl (C=O) groups excluding carboxylic acids is 3. The van der Waals surface area contributed by atoms with Crippen molar-refractivity contribution in [2.24, 2.45) is 0 Å². The van der Waals surface area contributed by atoms with Gasteiger partial charge in [-0.05, 0) is 57.8 Å². The number of ether oxygens (including phenoxy) is 3. The Balaban J connectivity index is 4.23. The maximum atomic E-state index is 12.8. The van der Waals surface area contributed by atoms with Crippen LogP contribution in [0.1, 0.15) is 316 Å². The smallest absolute Gasteiger partial charge is 0.306 e. The molecule has 402 valence electrons.